The van der Waals surface area contributed by atoms with Gasteiger partial charge in [-0.05, 0) is 39.8 Å². The van der Waals surface area contributed by atoms with E-state index in [1.807, 2.05) is 12.5 Å². The Morgan fingerprint density at radius 3 is 2.71 bits per heavy atom. The third-order valence-corrected chi connectivity index (χ3v) is 4.26. The first-order valence-electron chi connectivity index (χ1n) is 6.52. The highest BCUT2D eigenvalue weighted by atomic mass is 15.2. The Hall–Kier alpha value is -0.870. The van der Waals surface area contributed by atoms with Crippen LogP contribution >= 0.6 is 0 Å². The molecular weight excluding hydrogens is 212 g/mol. The standard InChI is InChI=1S/C13H24N4/c1-4-11(14)12-8-15-10-17(12)9-13(16(2)3)6-5-7-13/h8,10-11H,4-7,9,14H2,1-3H3/t11-/m1/s1. The van der Waals surface area contributed by atoms with E-state index in [2.05, 4.69) is 35.5 Å². The quantitative estimate of drug-likeness (QED) is 0.847. The molecule has 0 aliphatic heterocycles. The zero-order valence-electron chi connectivity index (χ0n) is 11.2. The van der Waals surface area contributed by atoms with Gasteiger partial charge in [-0.2, -0.15) is 0 Å². The summed E-state index contributed by atoms with van der Waals surface area (Å²) in [6, 6.07) is 0.108. The molecule has 4 heteroatoms. The number of aromatic nitrogens is 2. The highest BCUT2D eigenvalue weighted by Gasteiger charge is 2.39. The van der Waals surface area contributed by atoms with E-state index in [0.29, 0.717) is 5.54 Å². The number of hydrogen-bond donors (Lipinski definition) is 1. The Morgan fingerprint density at radius 1 is 1.53 bits per heavy atom. The minimum atomic E-state index is 0.108. The second kappa shape index (κ2) is 4.78. The average Bonchev–Trinajstić information content (AvgIpc) is 2.69. The van der Waals surface area contributed by atoms with E-state index in [0.717, 1.165) is 13.0 Å². The Bertz CT molecular complexity index is 365. The number of hydrogen-bond acceptors (Lipinski definition) is 3. The van der Waals surface area contributed by atoms with Gasteiger partial charge in [0.15, 0.2) is 0 Å². The summed E-state index contributed by atoms with van der Waals surface area (Å²) in [7, 11) is 4.35. The Balaban J connectivity index is 2.15. The monoisotopic (exact) mass is 236 g/mol. The zero-order chi connectivity index (χ0) is 12.5. The van der Waals surface area contributed by atoms with E-state index in [4.69, 9.17) is 5.73 Å². The summed E-state index contributed by atoms with van der Waals surface area (Å²) in [5.41, 5.74) is 7.61. The zero-order valence-corrected chi connectivity index (χ0v) is 11.2. The summed E-state index contributed by atoms with van der Waals surface area (Å²) < 4.78 is 2.24. The van der Waals surface area contributed by atoms with Crippen LogP contribution in [0.25, 0.3) is 0 Å². The SMILES string of the molecule is CC[C@@H](N)c1cncn1CC1(N(C)C)CCC1. The van der Waals surface area contributed by atoms with E-state index < -0.39 is 0 Å². The van der Waals surface area contributed by atoms with Crippen LogP contribution in [0.2, 0.25) is 0 Å². The van der Waals surface area contributed by atoms with Crippen molar-refractivity contribution in [2.45, 2.75) is 50.7 Å². The molecule has 0 bridgehead atoms. The second-order valence-electron chi connectivity index (χ2n) is 5.43. The first-order valence-corrected chi connectivity index (χ1v) is 6.52. The van der Waals surface area contributed by atoms with Crippen LogP contribution in [0.3, 0.4) is 0 Å². The molecule has 1 saturated carbocycles. The lowest BCUT2D eigenvalue weighted by molar-refractivity contribution is 0.0414. The van der Waals surface area contributed by atoms with Crippen LogP contribution in [0.4, 0.5) is 0 Å². The fourth-order valence-corrected chi connectivity index (χ4v) is 2.63. The molecule has 1 atom stereocenters. The van der Waals surface area contributed by atoms with E-state index >= 15 is 0 Å². The third-order valence-electron chi connectivity index (χ3n) is 4.26. The number of rotatable bonds is 5. The van der Waals surface area contributed by atoms with Gasteiger partial charge in [0.1, 0.15) is 0 Å². The van der Waals surface area contributed by atoms with E-state index in [-0.39, 0.29) is 6.04 Å². The molecule has 0 saturated heterocycles. The molecule has 1 aromatic rings. The molecule has 1 fully saturated rings. The lowest BCUT2D eigenvalue weighted by atomic mass is 9.75. The maximum atomic E-state index is 6.12. The summed E-state index contributed by atoms with van der Waals surface area (Å²) in [5, 5.41) is 0. The van der Waals surface area contributed by atoms with E-state index in [9.17, 15) is 0 Å². The van der Waals surface area contributed by atoms with E-state index in [1.165, 1.54) is 25.0 Å². The van der Waals surface area contributed by atoms with Crippen molar-refractivity contribution in [3.05, 3.63) is 18.2 Å². The lowest BCUT2D eigenvalue weighted by Gasteiger charge is -2.47. The van der Waals surface area contributed by atoms with Crippen molar-refractivity contribution in [3.63, 3.8) is 0 Å². The van der Waals surface area contributed by atoms with Gasteiger partial charge in [0, 0.05) is 24.3 Å². The molecule has 0 spiro atoms. The van der Waals surface area contributed by atoms with Gasteiger partial charge in [-0.3, -0.25) is 0 Å². The van der Waals surface area contributed by atoms with Gasteiger partial charge in [-0.1, -0.05) is 6.92 Å². The minimum Gasteiger partial charge on any atom is -0.331 e. The van der Waals surface area contributed by atoms with Crippen molar-refractivity contribution in [1.82, 2.24) is 14.5 Å². The first kappa shape index (κ1) is 12.6. The molecule has 0 unspecified atom stereocenters. The Kier molecular flexibility index (Phi) is 3.54. The van der Waals surface area contributed by atoms with Crippen LogP contribution < -0.4 is 5.73 Å². The Labute approximate surface area is 104 Å². The average molecular weight is 236 g/mol. The van der Waals surface area contributed by atoms with Crippen LogP contribution in [-0.2, 0) is 6.54 Å². The van der Waals surface area contributed by atoms with Gasteiger partial charge in [-0.15, -0.1) is 0 Å². The van der Waals surface area contributed by atoms with Gasteiger partial charge in [0.05, 0.1) is 12.0 Å². The van der Waals surface area contributed by atoms with Crippen molar-refractivity contribution < 1.29 is 0 Å². The second-order valence-corrected chi connectivity index (χ2v) is 5.43. The molecule has 1 aliphatic rings. The molecule has 0 amide bonds. The minimum absolute atomic E-state index is 0.108. The number of imidazole rings is 1. The molecule has 1 heterocycles. The summed E-state index contributed by atoms with van der Waals surface area (Å²) in [6.45, 7) is 3.14. The smallest absolute Gasteiger partial charge is 0.0949 e. The topological polar surface area (TPSA) is 47.1 Å². The van der Waals surface area contributed by atoms with Crippen LogP contribution in [0.1, 0.15) is 44.3 Å². The molecule has 17 heavy (non-hydrogen) atoms. The summed E-state index contributed by atoms with van der Waals surface area (Å²) in [6.07, 6.45) is 8.69. The van der Waals surface area contributed by atoms with E-state index in [1.54, 1.807) is 0 Å². The van der Waals surface area contributed by atoms with Crippen LogP contribution in [0, 0.1) is 0 Å². The van der Waals surface area contributed by atoms with Gasteiger partial charge < -0.3 is 15.2 Å². The van der Waals surface area contributed by atoms with Gasteiger partial charge in [0.2, 0.25) is 0 Å². The number of nitrogens with two attached hydrogens (primary N) is 1. The largest absolute Gasteiger partial charge is 0.331 e. The fraction of sp³-hybridized carbons (Fsp3) is 0.769. The Morgan fingerprint density at radius 2 is 2.24 bits per heavy atom. The summed E-state index contributed by atoms with van der Waals surface area (Å²) in [4.78, 5) is 6.62. The van der Waals surface area contributed by atoms with Crippen LogP contribution in [0.5, 0.6) is 0 Å². The summed E-state index contributed by atoms with van der Waals surface area (Å²) >= 11 is 0. The van der Waals surface area contributed by atoms with Crippen LogP contribution in [-0.4, -0.2) is 34.1 Å². The van der Waals surface area contributed by atoms with Crippen molar-refractivity contribution >= 4 is 0 Å². The third kappa shape index (κ3) is 2.24. The van der Waals surface area contributed by atoms with Crippen molar-refractivity contribution in [3.8, 4) is 0 Å². The van der Waals surface area contributed by atoms with Crippen molar-refractivity contribution in [1.29, 1.82) is 0 Å². The lowest BCUT2D eigenvalue weighted by Crippen LogP contribution is -2.53. The van der Waals surface area contributed by atoms with Crippen molar-refractivity contribution in [2.75, 3.05) is 14.1 Å². The molecular formula is C13H24N4. The number of likely N-dealkylation sites (N-methyl/N-ethyl adjacent to an activating group) is 1. The van der Waals surface area contributed by atoms with Crippen LogP contribution in [0.15, 0.2) is 12.5 Å². The molecule has 2 rings (SSSR count). The molecule has 0 aromatic carbocycles. The highest BCUT2D eigenvalue weighted by Crippen LogP contribution is 2.38. The molecule has 0 radical (unpaired) electrons. The normalized spacial score (nSPS) is 20.3. The van der Waals surface area contributed by atoms with Gasteiger partial charge in [0.25, 0.3) is 0 Å². The molecule has 4 nitrogen and oxygen atoms in total. The fourth-order valence-electron chi connectivity index (χ4n) is 2.63. The van der Waals surface area contributed by atoms with Gasteiger partial charge >= 0.3 is 0 Å². The molecule has 1 aromatic heterocycles. The highest BCUT2D eigenvalue weighted by molar-refractivity contribution is 5.07. The summed E-state index contributed by atoms with van der Waals surface area (Å²) in [5.74, 6) is 0. The predicted molar refractivity (Wildman–Crippen MR) is 69.7 cm³/mol. The maximum absolute atomic E-state index is 6.12. The predicted octanol–water partition coefficient (Wildman–Crippen LogP) is 1.78. The molecule has 96 valence electrons. The van der Waals surface area contributed by atoms with Gasteiger partial charge in [-0.25, -0.2) is 4.98 Å². The number of nitrogens with zero attached hydrogens (tertiary/aromatic N) is 3. The van der Waals surface area contributed by atoms with Crippen molar-refractivity contribution in [2.24, 2.45) is 5.73 Å². The maximum Gasteiger partial charge on any atom is 0.0949 e. The molecule has 2 N–H and O–H groups in total. The molecule has 1 aliphatic carbocycles. The first-order chi connectivity index (χ1) is 8.09.